The summed E-state index contributed by atoms with van der Waals surface area (Å²) in [6.45, 7) is 12.7. The van der Waals surface area contributed by atoms with Gasteiger partial charge in [-0.15, -0.1) is 0 Å². The van der Waals surface area contributed by atoms with Crippen molar-refractivity contribution in [2.24, 2.45) is 5.92 Å². The number of amides is 2. The number of nitro benzene ring substituents is 1. The molecule has 0 aromatic heterocycles. The maximum atomic E-state index is 12.4. The average molecular weight is 526 g/mol. The Bertz CT molecular complexity index is 934. The molecule has 194 valence electrons. The highest BCUT2D eigenvalue weighted by atomic mass is 32.2. The van der Waals surface area contributed by atoms with E-state index in [4.69, 9.17) is 9.16 Å². The molecule has 1 aromatic carbocycles. The largest absolute Gasteiger partial charge is 0.445 e. The number of carbonyl (C=O) groups excluding carboxylic acids is 3. The lowest BCUT2D eigenvalue weighted by Gasteiger charge is -2.41. The molecule has 1 aliphatic rings. The number of rotatable bonds is 11. The fourth-order valence-corrected chi connectivity index (χ4v) is 4.98. The number of hydrogen-bond acceptors (Lipinski definition) is 8. The molecule has 0 spiro atoms. The number of alkyl carbamates (subject to hydrolysis) is 1. The van der Waals surface area contributed by atoms with Gasteiger partial charge in [-0.2, -0.15) is 0 Å². The molecule has 1 heterocycles. The van der Waals surface area contributed by atoms with Gasteiger partial charge in [-0.25, -0.2) is 4.79 Å². The topological polar surface area (TPSA) is 137 Å². The van der Waals surface area contributed by atoms with E-state index >= 15 is 0 Å². The van der Waals surface area contributed by atoms with Gasteiger partial charge in [0.15, 0.2) is 13.4 Å². The summed E-state index contributed by atoms with van der Waals surface area (Å²) in [5.74, 6) is -0.442. The molecular formula is C23H35N3O7SSi. The molecule has 2 amide bonds. The van der Waals surface area contributed by atoms with Crippen molar-refractivity contribution in [1.82, 2.24) is 10.6 Å². The van der Waals surface area contributed by atoms with Crippen molar-refractivity contribution in [3.63, 3.8) is 0 Å². The van der Waals surface area contributed by atoms with Crippen molar-refractivity contribution in [1.29, 1.82) is 0 Å². The normalized spacial score (nSPS) is 18.7. The molecule has 2 N–H and O–H groups in total. The molecule has 1 fully saturated rings. The number of ether oxygens (including phenoxy) is 1. The van der Waals surface area contributed by atoms with Crippen molar-refractivity contribution in [3.8, 4) is 0 Å². The highest BCUT2D eigenvalue weighted by Crippen LogP contribution is 2.38. The molecule has 1 aliphatic heterocycles. The van der Waals surface area contributed by atoms with Crippen molar-refractivity contribution in [2.45, 2.75) is 76.7 Å². The Morgan fingerprint density at radius 2 is 1.89 bits per heavy atom. The number of hydrogen-bond donors (Lipinski definition) is 2. The highest BCUT2D eigenvalue weighted by Gasteiger charge is 2.44. The molecule has 12 heteroatoms. The third-order valence-electron chi connectivity index (χ3n) is 6.34. The molecule has 35 heavy (non-hydrogen) atoms. The van der Waals surface area contributed by atoms with Gasteiger partial charge >= 0.3 is 6.09 Å². The van der Waals surface area contributed by atoms with E-state index in [0.717, 1.165) is 11.8 Å². The molecule has 2 rings (SSSR count). The SMILES string of the molecule is C[C@H](CCC(=O)S[C@H]1NC(=O)[C@@H]1CO[Si](C)(C)C(C)(C)C)NC(=O)OCc1ccc([N+](=O)[O-])cc1. The second kappa shape index (κ2) is 12.0. The van der Waals surface area contributed by atoms with Gasteiger partial charge in [0.05, 0.1) is 16.2 Å². The zero-order chi connectivity index (χ0) is 26.4. The molecule has 10 nitrogen and oxygen atoms in total. The van der Waals surface area contributed by atoms with Crippen molar-refractivity contribution in [2.75, 3.05) is 6.61 Å². The number of carbonyl (C=O) groups is 3. The van der Waals surface area contributed by atoms with Gasteiger partial charge in [0, 0.05) is 31.2 Å². The van der Waals surface area contributed by atoms with Crippen LogP contribution in [0, 0.1) is 16.0 Å². The summed E-state index contributed by atoms with van der Waals surface area (Å²) < 4.78 is 11.3. The van der Waals surface area contributed by atoms with Crippen LogP contribution < -0.4 is 10.6 Å². The first-order chi connectivity index (χ1) is 16.2. The van der Waals surface area contributed by atoms with Crippen LogP contribution in [0.5, 0.6) is 0 Å². The van der Waals surface area contributed by atoms with Gasteiger partial charge in [-0.05, 0) is 49.2 Å². The van der Waals surface area contributed by atoms with Gasteiger partial charge in [-0.3, -0.25) is 19.7 Å². The molecule has 1 aromatic rings. The van der Waals surface area contributed by atoms with E-state index in [1.807, 2.05) is 0 Å². The van der Waals surface area contributed by atoms with Gasteiger partial charge in [0.25, 0.3) is 5.69 Å². The summed E-state index contributed by atoms with van der Waals surface area (Å²) in [5, 5.41) is 15.8. The maximum Gasteiger partial charge on any atom is 0.407 e. The summed E-state index contributed by atoms with van der Waals surface area (Å²) in [6, 6.07) is 5.44. The van der Waals surface area contributed by atoms with Crippen LogP contribution in [0.25, 0.3) is 0 Å². The highest BCUT2D eigenvalue weighted by molar-refractivity contribution is 8.14. The predicted molar refractivity (Wildman–Crippen MR) is 136 cm³/mol. The summed E-state index contributed by atoms with van der Waals surface area (Å²) in [7, 11) is -1.98. The third-order valence-corrected chi connectivity index (χ3v) is 12.0. The number of nitro groups is 1. The maximum absolute atomic E-state index is 12.4. The number of nitrogens with zero attached hydrogens (tertiary/aromatic N) is 1. The molecule has 0 aliphatic carbocycles. The first-order valence-corrected chi connectivity index (χ1v) is 15.3. The van der Waals surface area contributed by atoms with E-state index in [1.54, 1.807) is 6.92 Å². The van der Waals surface area contributed by atoms with Crippen LogP contribution in [0.1, 0.15) is 46.1 Å². The minimum absolute atomic E-state index is 0.0228. The van der Waals surface area contributed by atoms with Crippen LogP contribution in [0.2, 0.25) is 18.1 Å². The smallest absolute Gasteiger partial charge is 0.407 e. The second-order valence-electron chi connectivity index (χ2n) is 10.2. The summed E-state index contributed by atoms with van der Waals surface area (Å²) in [5.41, 5.74) is 0.588. The standard InChI is InChI=1S/C23H35N3O7SSi/c1-15(24-22(29)32-13-16-8-10-17(11-9-16)26(30)31)7-12-19(27)34-21-18(20(28)25-21)14-33-35(5,6)23(2,3)4/h8-11,15,18,21H,7,12-14H2,1-6H3,(H,24,29)(H,25,28)/t15-,18+,21-/m1/s1. The zero-order valence-corrected chi connectivity index (χ0v) is 22.9. The van der Waals surface area contributed by atoms with E-state index in [9.17, 15) is 24.5 Å². The Hall–Kier alpha value is -2.44. The van der Waals surface area contributed by atoms with Crippen LogP contribution in [0.3, 0.4) is 0 Å². The van der Waals surface area contributed by atoms with Crippen LogP contribution in [0.15, 0.2) is 24.3 Å². The van der Waals surface area contributed by atoms with E-state index in [0.29, 0.717) is 18.6 Å². The average Bonchev–Trinajstić information content (AvgIpc) is 2.75. The van der Waals surface area contributed by atoms with Crippen molar-refractivity contribution in [3.05, 3.63) is 39.9 Å². The van der Waals surface area contributed by atoms with Gasteiger partial charge < -0.3 is 19.8 Å². The van der Waals surface area contributed by atoms with Gasteiger partial charge in [-0.1, -0.05) is 32.5 Å². The van der Waals surface area contributed by atoms with Gasteiger partial charge in [0.1, 0.15) is 6.61 Å². The van der Waals surface area contributed by atoms with Crippen LogP contribution in [0.4, 0.5) is 10.5 Å². The fourth-order valence-electron chi connectivity index (χ4n) is 2.89. The van der Waals surface area contributed by atoms with Crippen LogP contribution in [-0.2, 0) is 25.4 Å². The van der Waals surface area contributed by atoms with Crippen molar-refractivity contribution < 1.29 is 28.5 Å². The molecule has 0 unspecified atom stereocenters. The molecule has 1 saturated heterocycles. The number of thioether (sulfide) groups is 1. The Morgan fingerprint density at radius 1 is 1.26 bits per heavy atom. The molecule has 0 saturated carbocycles. The molecule has 0 bridgehead atoms. The van der Waals surface area contributed by atoms with E-state index in [-0.39, 0.29) is 52.1 Å². The second-order valence-corrected chi connectivity index (χ2v) is 16.2. The van der Waals surface area contributed by atoms with Crippen LogP contribution in [-0.4, -0.2) is 48.4 Å². The summed E-state index contributed by atoms with van der Waals surface area (Å²) >= 11 is 1.10. The Morgan fingerprint density at radius 3 is 2.43 bits per heavy atom. The Labute approximate surface area is 211 Å². The zero-order valence-electron chi connectivity index (χ0n) is 21.1. The number of nitrogens with one attached hydrogen (secondary N) is 2. The summed E-state index contributed by atoms with van der Waals surface area (Å²) in [4.78, 5) is 46.6. The first kappa shape index (κ1) is 28.8. The lowest BCUT2D eigenvalue weighted by atomic mass is 10.0. The fraction of sp³-hybridized carbons (Fsp3) is 0.609. The first-order valence-electron chi connectivity index (χ1n) is 11.5. The number of non-ortho nitro benzene ring substituents is 1. The number of β-lactam (4-membered cyclic amide) rings is 1. The molecule has 0 radical (unpaired) electrons. The Balaban J connectivity index is 1.69. The monoisotopic (exact) mass is 525 g/mol. The number of benzene rings is 1. The molecule has 3 atom stereocenters. The quantitative estimate of drug-likeness (QED) is 0.188. The van der Waals surface area contributed by atoms with E-state index < -0.39 is 19.3 Å². The predicted octanol–water partition coefficient (Wildman–Crippen LogP) is 4.34. The molecular weight excluding hydrogens is 490 g/mol. The minimum atomic E-state index is -1.98. The Kier molecular flexibility index (Phi) is 9.87. The summed E-state index contributed by atoms with van der Waals surface area (Å²) in [6.07, 6.45) is 0.0195. The minimum Gasteiger partial charge on any atom is -0.445 e. The van der Waals surface area contributed by atoms with E-state index in [2.05, 4.69) is 44.5 Å². The lowest BCUT2D eigenvalue weighted by molar-refractivity contribution is -0.384. The lowest BCUT2D eigenvalue weighted by Crippen LogP contribution is -2.59. The van der Waals surface area contributed by atoms with Crippen molar-refractivity contribution >= 4 is 42.9 Å². The van der Waals surface area contributed by atoms with Gasteiger partial charge in [0.2, 0.25) is 5.91 Å². The van der Waals surface area contributed by atoms with Crippen LogP contribution >= 0.6 is 11.8 Å². The third kappa shape index (κ3) is 8.62. The van der Waals surface area contributed by atoms with E-state index in [1.165, 1.54) is 24.3 Å².